The number of nitrogens with one attached hydrogen (secondary N) is 2. The van der Waals surface area contributed by atoms with Gasteiger partial charge in [0.2, 0.25) is 0 Å². The van der Waals surface area contributed by atoms with Crippen LogP contribution in [0, 0.1) is 0 Å². The molecule has 0 radical (unpaired) electrons. The zero-order valence-corrected chi connectivity index (χ0v) is 23.2. The Morgan fingerprint density at radius 2 is 1.95 bits per heavy atom. The average molecular weight is 586 g/mol. The number of para-hydroxylation sites is 1. The van der Waals surface area contributed by atoms with Gasteiger partial charge in [0.05, 0.1) is 25.9 Å². The van der Waals surface area contributed by atoms with Gasteiger partial charge in [-0.1, -0.05) is 25.1 Å². The molecule has 0 bridgehead atoms. The molecule has 2 aliphatic heterocycles. The van der Waals surface area contributed by atoms with Crippen LogP contribution < -0.4 is 20.9 Å². The standard InChI is InChI=1S/C25H33FN3O10P/c1-4-20(31)38-21-18(37-23(25(21,3)26)29-12-11-19(30)27-24(29)32)15-36-40(33,39-17-9-6-5-7-10-17)28-16(2)22-34-13-8-14-35-22/h5-7,9-12,16,18,21-23H,4,8,13-15H2,1-3H3,(H,28,33)(H,27,30,32)/t16?,18-,21-,23?,25-,40?/m1/s1. The van der Waals surface area contributed by atoms with Crippen molar-refractivity contribution < 1.29 is 41.7 Å². The number of hydrogen-bond donors (Lipinski definition) is 2. The normalized spacial score (nSPS) is 27.6. The number of aromatic nitrogens is 2. The number of carbonyl (C=O) groups excluding carboxylic acids is 1. The summed E-state index contributed by atoms with van der Waals surface area (Å²) >= 11 is 0. The smallest absolute Gasteiger partial charge is 0.456 e. The van der Waals surface area contributed by atoms with Gasteiger partial charge in [0.1, 0.15) is 11.9 Å². The van der Waals surface area contributed by atoms with E-state index in [0.29, 0.717) is 13.2 Å². The Balaban J connectivity index is 1.59. The second-order valence-electron chi connectivity index (χ2n) is 9.54. The number of nitrogens with zero attached hydrogens (tertiary/aromatic N) is 1. The molecule has 2 saturated heterocycles. The third-order valence-corrected chi connectivity index (χ3v) is 8.00. The van der Waals surface area contributed by atoms with Crippen LogP contribution in [0.25, 0.3) is 0 Å². The lowest BCUT2D eigenvalue weighted by molar-refractivity contribution is -0.188. The molecule has 1 aromatic heterocycles. The molecule has 15 heteroatoms. The highest BCUT2D eigenvalue weighted by molar-refractivity contribution is 7.52. The van der Waals surface area contributed by atoms with Crippen LogP contribution in [0.15, 0.2) is 52.2 Å². The fourth-order valence-electron chi connectivity index (χ4n) is 4.35. The minimum Gasteiger partial charge on any atom is -0.456 e. The number of alkyl halides is 1. The summed E-state index contributed by atoms with van der Waals surface area (Å²) in [5, 5.41) is 2.79. The van der Waals surface area contributed by atoms with Crippen molar-refractivity contribution in [3.05, 3.63) is 63.4 Å². The third kappa shape index (κ3) is 7.06. The molecule has 13 nitrogen and oxygen atoms in total. The minimum atomic E-state index is -4.20. The number of halogens is 1. The van der Waals surface area contributed by atoms with Crippen LogP contribution >= 0.6 is 7.75 Å². The van der Waals surface area contributed by atoms with Crippen LogP contribution in [0.2, 0.25) is 0 Å². The van der Waals surface area contributed by atoms with Crippen LogP contribution in [0.3, 0.4) is 0 Å². The van der Waals surface area contributed by atoms with Crippen molar-refractivity contribution in [2.24, 2.45) is 0 Å². The van der Waals surface area contributed by atoms with Crippen molar-refractivity contribution in [1.29, 1.82) is 0 Å². The fraction of sp³-hybridized carbons (Fsp3) is 0.560. The summed E-state index contributed by atoms with van der Waals surface area (Å²) in [5.74, 6) is -0.496. The number of aromatic amines is 1. The first-order chi connectivity index (χ1) is 19.0. The van der Waals surface area contributed by atoms with Crippen LogP contribution in [0.4, 0.5) is 4.39 Å². The molecule has 2 N–H and O–H groups in total. The Morgan fingerprint density at radius 3 is 2.60 bits per heavy atom. The van der Waals surface area contributed by atoms with Crippen molar-refractivity contribution in [2.45, 2.75) is 70.0 Å². The molecule has 220 valence electrons. The first kappa shape index (κ1) is 30.1. The van der Waals surface area contributed by atoms with E-state index >= 15 is 4.39 Å². The third-order valence-electron chi connectivity index (χ3n) is 6.33. The van der Waals surface area contributed by atoms with Crippen LogP contribution in [-0.2, 0) is 32.8 Å². The Morgan fingerprint density at radius 1 is 1.25 bits per heavy atom. The van der Waals surface area contributed by atoms with E-state index in [-0.39, 0.29) is 12.2 Å². The maximum atomic E-state index is 16.2. The van der Waals surface area contributed by atoms with Gasteiger partial charge in [-0.05, 0) is 32.4 Å². The molecule has 3 heterocycles. The SMILES string of the molecule is CCC(=O)O[C@@H]1[C@@H](COP(=O)(NC(C)C2OCCCO2)Oc2ccccc2)OC(n2ccc(=O)[nH]c2=O)[C@]1(C)F. The van der Waals surface area contributed by atoms with E-state index in [1.807, 2.05) is 4.98 Å². The highest BCUT2D eigenvalue weighted by Crippen LogP contribution is 2.48. The minimum absolute atomic E-state index is 0.0561. The van der Waals surface area contributed by atoms with E-state index in [2.05, 4.69) is 5.09 Å². The molecule has 2 aliphatic rings. The van der Waals surface area contributed by atoms with Gasteiger partial charge in [0.25, 0.3) is 5.56 Å². The van der Waals surface area contributed by atoms with Crippen LogP contribution in [-0.4, -0.2) is 65.5 Å². The van der Waals surface area contributed by atoms with Gasteiger partial charge >= 0.3 is 19.4 Å². The number of carbonyl (C=O) groups is 1. The van der Waals surface area contributed by atoms with Crippen LogP contribution in [0.5, 0.6) is 5.75 Å². The number of ether oxygens (including phenoxy) is 4. The predicted molar refractivity (Wildman–Crippen MR) is 138 cm³/mol. The Labute approximate surface area is 229 Å². The number of hydrogen-bond acceptors (Lipinski definition) is 10. The molecule has 0 amide bonds. The number of benzene rings is 1. The van der Waals surface area contributed by atoms with Crippen molar-refractivity contribution >= 4 is 13.7 Å². The summed E-state index contributed by atoms with van der Waals surface area (Å²) < 4.78 is 64.8. The van der Waals surface area contributed by atoms with Crippen molar-refractivity contribution in [2.75, 3.05) is 19.8 Å². The lowest BCUT2D eigenvalue weighted by Crippen LogP contribution is -2.46. The Bertz CT molecular complexity index is 1310. The summed E-state index contributed by atoms with van der Waals surface area (Å²) in [7, 11) is -4.20. The molecule has 40 heavy (non-hydrogen) atoms. The molecule has 1 aromatic carbocycles. The van der Waals surface area contributed by atoms with E-state index in [4.69, 9.17) is 28.0 Å². The zero-order valence-electron chi connectivity index (χ0n) is 22.3. The van der Waals surface area contributed by atoms with Gasteiger partial charge in [0.15, 0.2) is 24.3 Å². The largest absolute Gasteiger partial charge is 0.459 e. The number of rotatable bonds is 11. The summed E-state index contributed by atoms with van der Waals surface area (Å²) in [6.07, 6.45) is -3.47. The van der Waals surface area contributed by atoms with E-state index in [9.17, 15) is 18.9 Å². The summed E-state index contributed by atoms with van der Waals surface area (Å²) in [4.78, 5) is 38.2. The second kappa shape index (κ2) is 12.8. The van der Waals surface area contributed by atoms with Crippen molar-refractivity contribution in [3.63, 3.8) is 0 Å². The molecular weight excluding hydrogens is 552 g/mol. The van der Waals surface area contributed by atoms with Gasteiger partial charge in [-0.15, -0.1) is 0 Å². The molecule has 2 aromatic rings. The quantitative estimate of drug-likeness (QED) is 0.295. The van der Waals surface area contributed by atoms with Gasteiger partial charge in [-0.3, -0.25) is 23.7 Å². The molecule has 6 atom stereocenters. The Hall–Kier alpha value is -2.87. The van der Waals surface area contributed by atoms with Gasteiger partial charge in [0, 0.05) is 18.7 Å². The monoisotopic (exact) mass is 585 g/mol. The van der Waals surface area contributed by atoms with E-state index in [1.165, 1.54) is 6.92 Å². The maximum Gasteiger partial charge on any atom is 0.459 e. The summed E-state index contributed by atoms with van der Waals surface area (Å²) in [5.41, 5.74) is -4.06. The molecular formula is C25H33FN3O10P. The molecule has 4 rings (SSSR count). The van der Waals surface area contributed by atoms with Gasteiger partial charge in [-0.25, -0.2) is 18.8 Å². The predicted octanol–water partition coefficient (Wildman–Crippen LogP) is 2.43. The first-order valence-electron chi connectivity index (χ1n) is 12.9. The maximum absolute atomic E-state index is 16.2. The van der Waals surface area contributed by atoms with Crippen molar-refractivity contribution in [3.8, 4) is 5.75 Å². The van der Waals surface area contributed by atoms with E-state index in [0.717, 1.165) is 30.2 Å². The first-order valence-corrected chi connectivity index (χ1v) is 14.4. The van der Waals surface area contributed by atoms with Crippen LogP contribution in [0.1, 0.15) is 39.8 Å². The molecule has 3 unspecified atom stereocenters. The fourth-order valence-corrected chi connectivity index (χ4v) is 5.90. The number of esters is 1. The highest BCUT2D eigenvalue weighted by Gasteiger charge is 2.58. The molecule has 0 spiro atoms. The number of H-pyrrole nitrogens is 1. The molecule has 2 fully saturated rings. The zero-order chi connectivity index (χ0) is 28.9. The summed E-state index contributed by atoms with van der Waals surface area (Å²) in [6, 6.07) is 8.64. The lowest BCUT2D eigenvalue weighted by Gasteiger charge is -2.31. The average Bonchev–Trinajstić information content (AvgIpc) is 3.17. The second-order valence-corrected chi connectivity index (χ2v) is 11.2. The van der Waals surface area contributed by atoms with Gasteiger partial charge in [-0.2, -0.15) is 0 Å². The lowest BCUT2D eigenvalue weighted by atomic mass is 9.98. The molecule has 0 aliphatic carbocycles. The van der Waals surface area contributed by atoms with Gasteiger partial charge < -0.3 is 23.5 Å². The Kier molecular flexibility index (Phi) is 9.60. The van der Waals surface area contributed by atoms with E-state index < -0.39 is 68.0 Å². The molecule has 0 saturated carbocycles. The van der Waals surface area contributed by atoms with E-state index in [1.54, 1.807) is 37.3 Å². The van der Waals surface area contributed by atoms with Crippen molar-refractivity contribution in [1.82, 2.24) is 14.6 Å². The highest BCUT2D eigenvalue weighted by atomic mass is 31.2. The summed E-state index contributed by atoms with van der Waals surface area (Å²) in [6.45, 7) is 4.67. The topological polar surface area (TPSA) is 156 Å².